The summed E-state index contributed by atoms with van der Waals surface area (Å²) in [5.41, 5.74) is 0.282. The average Bonchev–Trinajstić information content (AvgIpc) is 2.52. The first-order valence-corrected chi connectivity index (χ1v) is 6.78. The van der Waals surface area contributed by atoms with Crippen LogP contribution in [0.3, 0.4) is 0 Å². The Morgan fingerprint density at radius 2 is 1.95 bits per heavy atom. The minimum atomic E-state index is -4.35. The second kappa shape index (κ2) is 5.60. The molecule has 0 amide bonds. The number of halogens is 4. The SMILES string of the molecule is CC1CC=C(c2cccc(C(F)(F)F)c2)N=C(Cl)C1C. The van der Waals surface area contributed by atoms with Crippen LogP contribution in [-0.2, 0) is 6.18 Å². The number of benzene rings is 1. The van der Waals surface area contributed by atoms with Gasteiger partial charge in [0.05, 0.1) is 11.3 Å². The quantitative estimate of drug-likeness (QED) is 0.662. The van der Waals surface area contributed by atoms with Crippen molar-refractivity contribution < 1.29 is 13.2 Å². The largest absolute Gasteiger partial charge is 0.416 e. The molecule has 0 aliphatic carbocycles. The molecule has 0 aromatic heterocycles. The lowest BCUT2D eigenvalue weighted by molar-refractivity contribution is -0.137. The van der Waals surface area contributed by atoms with Crippen molar-refractivity contribution in [3.63, 3.8) is 0 Å². The van der Waals surface area contributed by atoms with E-state index in [-0.39, 0.29) is 5.92 Å². The molecule has 108 valence electrons. The van der Waals surface area contributed by atoms with Gasteiger partial charge in [-0.15, -0.1) is 0 Å². The normalized spacial score (nSPS) is 23.9. The van der Waals surface area contributed by atoms with Gasteiger partial charge in [0.15, 0.2) is 0 Å². The maximum absolute atomic E-state index is 12.7. The molecule has 5 heteroatoms. The third-order valence-electron chi connectivity index (χ3n) is 3.63. The van der Waals surface area contributed by atoms with Crippen molar-refractivity contribution in [2.24, 2.45) is 16.8 Å². The Bertz CT molecular complexity index is 560. The molecule has 2 unspecified atom stereocenters. The maximum atomic E-state index is 12.7. The van der Waals surface area contributed by atoms with Crippen LogP contribution in [0.2, 0.25) is 0 Å². The number of alkyl halides is 3. The molecule has 0 saturated heterocycles. The lowest BCUT2D eigenvalue weighted by Gasteiger charge is -2.13. The molecule has 2 atom stereocenters. The molecule has 1 nitrogen and oxygen atoms in total. The van der Waals surface area contributed by atoms with Gasteiger partial charge in [-0.1, -0.05) is 43.7 Å². The predicted molar refractivity (Wildman–Crippen MR) is 75.7 cm³/mol. The van der Waals surface area contributed by atoms with E-state index in [9.17, 15) is 13.2 Å². The van der Waals surface area contributed by atoms with E-state index in [1.807, 2.05) is 19.9 Å². The zero-order chi connectivity index (χ0) is 14.9. The molecular weight excluding hydrogens is 287 g/mol. The predicted octanol–water partition coefficient (Wildman–Crippen LogP) is 5.36. The molecule has 0 spiro atoms. The Morgan fingerprint density at radius 1 is 1.25 bits per heavy atom. The lowest BCUT2D eigenvalue weighted by atomic mass is 9.94. The highest BCUT2D eigenvalue weighted by molar-refractivity contribution is 6.66. The summed E-state index contributed by atoms with van der Waals surface area (Å²) in [6.07, 6.45) is -1.76. The van der Waals surface area contributed by atoms with Crippen LogP contribution in [0.4, 0.5) is 13.2 Å². The molecule has 0 radical (unpaired) electrons. The van der Waals surface area contributed by atoms with Gasteiger partial charge in [-0.25, -0.2) is 4.99 Å². The molecule has 1 aliphatic rings. The van der Waals surface area contributed by atoms with Crippen LogP contribution < -0.4 is 0 Å². The van der Waals surface area contributed by atoms with Gasteiger partial charge in [0.25, 0.3) is 0 Å². The summed E-state index contributed by atoms with van der Waals surface area (Å²) in [5.74, 6) is 0.422. The molecule has 0 saturated carbocycles. The van der Waals surface area contributed by atoms with Crippen LogP contribution in [0.1, 0.15) is 31.4 Å². The highest BCUT2D eigenvalue weighted by Gasteiger charge is 2.30. The van der Waals surface area contributed by atoms with Crippen molar-refractivity contribution in [3.05, 3.63) is 41.5 Å². The number of hydrogen-bond acceptors (Lipinski definition) is 1. The van der Waals surface area contributed by atoms with E-state index >= 15 is 0 Å². The molecular formula is C15H15ClF3N. The summed E-state index contributed by atoms with van der Waals surface area (Å²) < 4.78 is 38.2. The van der Waals surface area contributed by atoms with Gasteiger partial charge in [-0.05, 0) is 24.5 Å². The first-order chi connectivity index (χ1) is 9.29. The van der Waals surface area contributed by atoms with Crippen molar-refractivity contribution in [2.45, 2.75) is 26.4 Å². The number of rotatable bonds is 1. The van der Waals surface area contributed by atoms with Crippen LogP contribution in [0.25, 0.3) is 5.70 Å². The van der Waals surface area contributed by atoms with Gasteiger partial charge >= 0.3 is 6.18 Å². The van der Waals surface area contributed by atoms with E-state index < -0.39 is 11.7 Å². The van der Waals surface area contributed by atoms with Crippen molar-refractivity contribution in [1.82, 2.24) is 0 Å². The summed E-state index contributed by atoms with van der Waals surface area (Å²) in [6, 6.07) is 5.17. The molecule has 1 aromatic rings. The van der Waals surface area contributed by atoms with E-state index in [0.29, 0.717) is 22.3 Å². The van der Waals surface area contributed by atoms with Gasteiger partial charge in [0.2, 0.25) is 0 Å². The maximum Gasteiger partial charge on any atom is 0.416 e. The zero-order valence-electron chi connectivity index (χ0n) is 11.2. The van der Waals surface area contributed by atoms with E-state index in [2.05, 4.69) is 4.99 Å². The standard InChI is InChI=1S/C15H15ClF3N/c1-9-6-7-13(20-14(16)10(9)2)11-4-3-5-12(8-11)15(17,18)19/h3-5,7-10H,6H2,1-2H3. The van der Waals surface area contributed by atoms with Gasteiger partial charge in [-0.3, -0.25) is 0 Å². The van der Waals surface area contributed by atoms with Crippen LogP contribution in [0.5, 0.6) is 0 Å². The molecule has 1 heterocycles. The molecule has 1 aliphatic heterocycles. The van der Waals surface area contributed by atoms with Gasteiger partial charge in [0, 0.05) is 11.5 Å². The molecule has 0 bridgehead atoms. The summed E-state index contributed by atoms with van der Waals surface area (Å²) >= 11 is 6.13. The monoisotopic (exact) mass is 301 g/mol. The second-order valence-corrected chi connectivity index (χ2v) is 5.49. The minimum absolute atomic E-state index is 0.108. The van der Waals surface area contributed by atoms with Crippen LogP contribution in [-0.4, -0.2) is 5.17 Å². The number of aliphatic imine (C=N–C) groups is 1. The van der Waals surface area contributed by atoms with Gasteiger partial charge < -0.3 is 0 Å². The van der Waals surface area contributed by atoms with Crippen LogP contribution in [0, 0.1) is 11.8 Å². The average molecular weight is 302 g/mol. The fourth-order valence-electron chi connectivity index (χ4n) is 2.04. The Hall–Kier alpha value is -1.29. The van der Waals surface area contributed by atoms with Crippen molar-refractivity contribution in [2.75, 3.05) is 0 Å². The van der Waals surface area contributed by atoms with Gasteiger partial charge in [-0.2, -0.15) is 13.2 Å². The van der Waals surface area contributed by atoms with Crippen LogP contribution in [0.15, 0.2) is 35.3 Å². The Morgan fingerprint density at radius 3 is 2.60 bits per heavy atom. The summed E-state index contributed by atoms with van der Waals surface area (Å²) in [6.45, 7) is 4.02. The number of allylic oxidation sites excluding steroid dienone is 1. The number of hydrogen-bond donors (Lipinski definition) is 0. The van der Waals surface area contributed by atoms with E-state index in [1.54, 1.807) is 6.07 Å². The molecule has 1 aromatic carbocycles. The van der Waals surface area contributed by atoms with Crippen molar-refractivity contribution >= 4 is 22.5 Å². The first-order valence-electron chi connectivity index (χ1n) is 6.41. The Labute approximate surface area is 121 Å². The van der Waals surface area contributed by atoms with Crippen molar-refractivity contribution in [3.8, 4) is 0 Å². The summed E-state index contributed by atoms with van der Waals surface area (Å²) in [4.78, 5) is 4.28. The Kier molecular flexibility index (Phi) is 4.23. The minimum Gasteiger partial charge on any atom is -0.241 e. The highest BCUT2D eigenvalue weighted by Crippen LogP contribution is 2.33. The number of nitrogens with zero attached hydrogens (tertiary/aromatic N) is 1. The fourth-order valence-corrected chi connectivity index (χ4v) is 2.34. The summed E-state index contributed by atoms with van der Waals surface area (Å²) in [7, 11) is 0. The third-order valence-corrected chi connectivity index (χ3v) is 4.05. The summed E-state index contributed by atoms with van der Waals surface area (Å²) in [5, 5.41) is 0.443. The lowest BCUT2D eigenvalue weighted by Crippen LogP contribution is -2.12. The third kappa shape index (κ3) is 3.23. The Balaban J connectivity index is 2.41. The van der Waals surface area contributed by atoms with E-state index in [0.717, 1.165) is 18.6 Å². The van der Waals surface area contributed by atoms with Gasteiger partial charge in [0.1, 0.15) is 5.17 Å². The first kappa shape index (κ1) is 15.1. The molecule has 2 rings (SSSR count). The highest BCUT2D eigenvalue weighted by atomic mass is 35.5. The second-order valence-electron chi connectivity index (χ2n) is 5.10. The smallest absolute Gasteiger partial charge is 0.241 e. The molecule has 0 fully saturated rings. The topological polar surface area (TPSA) is 12.4 Å². The molecule has 0 N–H and O–H groups in total. The molecule has 20 heavy (non-hydrogen) atoms. The van der Waals surface area contributed by atoms with E-state index in [4.69, 9.17) is 11.6 Å². The fraction of sp³-hybridized carbons (Fsp3) is 0.400. The van der Waals surface area contributed by atoms with Crippen molar-refractivity contribution in [1.29, 1.82) is 0 Å². The van der Waals surface area contributed by atoms with Crippen LogP contribution >= 0.6 is 11.6 Å². The zero-order valence-corrected chi connectivity index (χ0v) is 12.0. The van der Waals surface area contributed by atoms with E-state index in [1.165, 1.54) is 6.07 Å².